The van der Waals surface area contributed by atoms with Gasteiger partial charge in [0.15, 0.2) is 11.6 Å². The average Bonchev–Trinajstić information content (AvgIpc) is 3.13. The summed E-state index contributed by atoms with van der Waals surface area (Å²) in [6.45, 7) is 2.86. The number of amides is 3. The van der Waals surface area contributed by atoms with Gasteiger partial charge in [0.1, 0.15) is 19.5 Å². The molecule has 5 heterocycles. The topological polar surface area (TPSA) is 90.5 Å². The molecule has 4 aliphatic heterocycles. The van der Waals surface area contributed by atoms with Crippen LogP contribution < -0.4 is 15.1 Å². The fourth-order valence-corrected chi connectivity index (χ4v) is 4.33. The minimum Gasteiger partial charge on any atom is -0.488 e. The van der Waals surface area contributed by atoms with E-state index in [0.29, 0.717) is 30.3 Å². The van der Waals surface area contributed by atoms with Crippen LogP contribution in [-0.2, 0) is 4.74 Å². The summed E-state index contributed by atoms with van der Waals surface area (Å²) in [5.41, 5.74) is 4.59. The van der Waals surface area contributed by atoms with Gasteiger partial charge < -0.3 is 19.3 Å². The number of hydrazine groups is 1. The van der Waals surface area contributed by atoms with Gasteiger partial charge in [-0.2, -0.15) is 0 Å². The Hall–Kier alpha value is -3.11. The van der Waals surface area contributed by atoms with E-state index in [2.05, 4.69) is 10.4 Å². The van der Waals surface area contributed by atoms with Crippen LogP contribution in [0.15, 0.2) is 36.3 Å². The van der Waals surface area contributed by atoms with Crippen LogP contribution in [0.1, 0.15) is 29.6 Å². The maximum Gasteiger partial charge on any atom is 0.342 e. The molecule has 0 bridgehead atoms. The Kier molecular flexibility index (Phi) is 5.24. The fourth-order valence-electron chi connectivity index (χ4n) is 4.33. The standard InChI is InChI=1S/C21H26N6O4/c1-30-14-27-21(29)26-8-5-16(12-18(26)23-27)25-9-10-31-17-11-15(13-22-19(17)25)20(28)24-6-3-2-4-7-24/h5,8,11-13,18,23H,2-4,6-7,9-10,14H2,1H3. The number of ether oxygens (including phenoxy) is 2. The van der Waals surface area contributed by atoms with Gasteiger partial charge in [-0.05, 0) is 37.5 Å². The number of hydrogen-bond acceptors (Lipinski definition) is 7. The summed E-state index contributed by atoms with van der Waals surface area (Å²) in [7, 11) is 1.55. The summed E-state index contributed by atoms with van der Waals surface area (Å²) in [5.74, 6) is 1.28. The number of nitrogens with zero attached hydrogens (tertiary/aromatic N) is 5. The second kappa shape index (κ2) is 8.20. The zero-order valence-corrected chi connectivity index (χ0v) is 17.5. The highest BCUT2D eigenvalue weighted by atomic mass is 16.5. The van der Waals surface area contributed by atoms with Crippen molar-refractivity contribution in [3.8, 4) is 5.75 Å². The number of methoxy groups -OCH3 is 1. The molecule has 1 aromatic heterocycles. The summed E-state index contributed by atoms with van der Waals surface area (Å²) in [6, 6.07) is 1.63. The van der Waals surface area contributed by atoms with Gasteiger partial charge in [-0.25, -0.2) is 20.2 Å². The van der Waals surface area contributed by atoms with E-state index in [1.54, 1.807) is 30.5 Å². The van der Waals surface area contributed by atoms with Crippen molar-refractivity contribution in [3.05, 3.63) is 41.9 Å². The number of piperidine rings is 1. The first-order valence-corrected chi connectivity index (χ1v) is 10.6. The number of carbonyl (C=O) groups is 2. The first-order valence-electron chi connectivity index (χ1n) is 10.6. The number of fused-ring (bicyclic) bond motifs is 2. The minimum absolute atomic E-state index is 0.00930. The molecule has 1 aromatic rings. The van der Waals surface area contributed by atoms with E-state index in [-0.39, 0.29) is 24.8 Å². The molecule has 2 fully saturated rings. The lowest BCUT2D eigenvalue weighted by Gasteiger charge is -2.33. The van der Waals surface area contributed by atoms with Crippen molar-refractivity contribution < 1.29 is 19.1 Å². The van der Waals surface area contributed by atoms with Gasteiger partial charge in [0, 0.05) is 38.3 Å². The summed E-state index contributed by atoms with van der Waals surface area (Å²) in [6.07, 6.45) is 10.2. The van der Waals surface area contributed by atoms with Gasteiger partial charge in [0.25, 0.3) is 5.91 Å². The zero-order valence-electron chi connectivity index (χ0n) is 17.5. The molecule has 0 aromatic carbocycles. The van der Waals surface area contributed by atoms with Crippen LogP contribution in [0.5, 0.6) is 5.75 Å². The van der Waals surface area contributed by atoms with Crippen molar-refractivity contribution in [1.82, 2.24) is 25.2 Å². The molecule has 0 radical (unpaired) electrons. The molecule has 1 unspecified atom stereocenters. The van der Waals surface area contributed by atoms with Gasteiger partial charge in [-0.1, -0.05) is 0 Å². The summed E-state index contributed by atoms with van der Waals surface area (Å²) in [4.78, 5) is 35.4. The highest BCUT2D eigenvalue weighted by molar-refractivity contribution is 5.95. The van der Waals surface area contributed by atoms with E-state index >= 15 is 0 Å². The molecule has 2 saturated heterocycles. The quantitative estimate of drug-likeness (QED) is 0.780. The first-order chi connectivity index (χ1) is 15.2. The Balaban J connectivity index is 1.37. The molecule has 5 rings (SSSR count). The molecule has 10 nitrogen and oxygen atoms in total. The molecule has 10 heteroatoms. The predicted octanol–water partition coefficient (Wildman–Crippen LogP) is 1.49. The van der Waals surface area contributed by atoms with Gasteiger partial charge >= 0.3 is 6.03 Å². The van der Waals surface area contributed by atoms with Crippen molar-refractivity contribution in [3.63, 3.8) is 0 Å². The molecule has 0 spiro atoms. The number of carbonyl (C=O) groups excluding carboxylic acids is 2. The molecular weight excluding hydrogens is 400 g/mol. The van der Waals surface area contributed by atoms with Crippen molar-refractivity contribution in [2.75, 3.05) is 45.0 Å². The highest BCUT2D eigenvalue weighted by Crippen LogP contribution is 2.34. The summed E-state index contributed by atoms with van der Waals surface area (Å²) in [5, 5.41) is 1.43. The number of aromatic nitrogens is 1. The molecule has 1 atom stereocenters. The average molecular weight is 426 g/mol. The molecule has 0 saturated carbocycles. The number of rotatable bonds is 4. The lowest BCUT2D eigenvalue weighted by Crippen LogP contribution is -2.40. The van der Waals surface area contributed by atoms with Gasteiger partial charge in [-0.15, -0.1) is 0 Å². The van der Waals surface area contributed by atoms with Crippen LogP contribution in [0.4, 0.5) is 10.6 Å². The molecule has 3 amide bonds. The highest BCUT2D eigenvalue weighted by Gasteiger charge is 2.37. The molecule has 0 aliphatic carbocycles. The van der Waals surface area contributed by atoms with Crippen LogP contribution in [-0.4, -0.2) is 78.0 Å². The summed E-state index contributed by atoms with van der Waals surface area (Å²) >= 11 is 0. The Bertz CT molecular complexity index is 942. The predicted molar refractivity (Wildman–Crippen MR) is 112 cm³/mol. The van der Waals surface area contributed by atoms with Crippen LogP contribution >= 0.6 is 0 Å². The van der Waals surface area contributed by atoms with E-state index in [4.69, 9.17) is 9.47 Å². The molecular formula is C21H26N6O4. The number of pyridine rings is 1. The second-order valence-corrected chi connectivity index (χ2v) is 7.92. The van der Waals surface area contributed by atoms with Gasteiger partial charge in [0.2, 0.25) is 0 Å². The molecule has 164 valence electrons. The number of anilines is 1. The number of hydrogen-bond donors (Lipinski definition) is 1. The summed E-state index contributed by atoms with van der Waals surface area (Å²) < 4.78 is 10.9. The maximum absolute atomic E-state index is 12.8. The Morgan fingerprint density at radius 2 is 2.13 bits per heavy atom. The third-order valence-electron chi connectivity index (χ3n) is 5.90. The lowest BCUT2D eigenvalue weighted by atomic mass is 10.1. The Morgan fingerprint density at radius 3 is 2.94 bits per heavy atom. The molecule has 1 N–H and O–H groups in total. The van der Waals surface area contributed by atoms with E-state index in [1.807, 2.05) is 22.0 Å². The smallest absolute Gasteiger partial charge is 0.342 e. The largest absolute Gasteiger partial charge is 0.488 e. The lowest BCUT2D eigenvalue weighted by molar-refractivity contribution is 0.0678. The zero-order chi connectivity index (χ0) is 21.4. The monoisotopic (exact) mass is 426 g/mol. The number of likely N-dealkylation sites (tertiary alicyclic amines) is 1. The third kappa shape index (κ3) is 3.61. The van der Waals surface area contributed by atoms with Crippen LogP contribution in [0, 0.1) is 0 Å². The van der Waals surface area contributed by atoms with Crippen molar-refractivity contribution in [1.29, 1.82) is 0 Å². The van der Waals surface area contributed by atoms with Gasteiger partial charge in [0.05, 0.1) is 12.1 Å². The van der Waals surface area contributed by atoms with E-state index < -0.39 is 0 Å². The Labute approximate surface area is 180 Å². The maximum atomic E-state index is 12.8. The number of urea groups is 1. The fraction of sp³-hybridized carbons (Fsp3) is 0.476. The Morgan fingerprint density at radius 1 is 1.29 bits per heavy atom. The number of allylic oxidation sites excluding steroid dienone is 1. The van der Waals surface area contributed by atoms with Crippen molar-refractivity contribution in [2.45, 2.75) is 25.4 Å². The van der Waals surface area contributed by atoms with Crippen LogP contribution in [0.25, 0.3) is 0 Å². The normalized spacial score (nSPS) is 22.8. The minimum atomic E-state index is -0.297. The molecule has 4 aliphatic rings. The van der Waals surface area contributed by atoms with E-state index in [0.717, 1.165) is 31.6 Å². The van der Waals surface area contributed by atoms with E-state index in [9.17, 15) is 9.59 Å². The van der Waals surface area contributed by atoms with E-state index in [1.165, 1.54) is 11.4 Å². The van der Waals surface area contributed by atoms with Gasteiger partial charge in [-0.3, -0.25) is 9.69 Å². The number of nitrogens with one attached hydrogen (secondary N) is 1. The van der Waals surface area contributed by atoms with Crippen molar-refractivity contribution in [2.24, 2.45) is 0 Å². The van der Waals surface area contributed by atoms with Crippen molar-refractivity contribution >= 4 is 17.8 Å². The third-order valence-corrected chi connectivity index (χ3v) is 5.90. The molecule has 31 heavy (non-hydrogen) atoms. The second-order valence-electron chi connectivity index (χ2n) is 7.92. The van der Waals surface area contributed by atoms with Crippen LogP contribution in [0.3, 0.4) is 0 Å². The first kappa shape index (κ1) is 19.8. The SMILES string of the molecule is COCN1NC2C=C(N3CCOc4cc(C(=O)N5CCCCC5)cnc43)C=CN2C1=O. The van der Waals surface area contributed by atoms with Crippen LogP contribution in [0.2, 0.25) is 0 Å².